The van der Waals surface area contributed by atoms with Gasteiger partial charge in [0.25, 0.3) is 0 Å². The van der Waals surface area contributed by atoms with Crippen molar-refractivity contribution in [3.63, 3.8) is 0 Å². The van der Waals surface area contributed by atoms with E-state index >= 15 is 0 Å². The molecule has 94 valence electrons. The zero-order valence-electron chi connectivity index (χ0n) is 10.5. The van der Waals surface area contributed by atoms with Gasteiger partial charge >= 0.3 is 0 Å². The molecule has 0 fully saturated rings. The molecular weight excluding hydrogens is 222 g/mol. The molecule has 0 aliphatic heterocycles. The highest BCUT2D eigenvalue weighted by Crippen LogP contribution is 2.11. The van der Waals surface area contributed by atoms with Crippen LogP contribution in [-0.2, 0) is 19.3 Å². The van der Waals surface area contributed by atoms with E-state index in [4.69, 9.17) is 5.11 Å². The van der Waals surface area contributed by atoms with Crippen molar-refractivity contribution in [1.82, 2.24) is 4.98 Å². The average molecular weight is 241 g/mol. The fourth-order valence-corrected chi connectivity index (χ4v) is 2.15. The van der Waals surface area contributed by atoms with E-state index in [1.165, 1.54) is 11.1 Å². The third kappa shape index (κ3) is 3.67. The van der Waals surface area contributed by atoms with Crippen LogP contribution in [0, 0.1) is 0 Å². The van der Waals surface area contributed by atoms with E-state index in [1.807, 2.05) is 18.3 Å². The highest BCUT2D eigenvalue weighted by Gasteiger charge is 2.02. The smallest absolute Gasteiger partial charge is 0.0472 e. The summed E-state index contributed by atoms with van der Waals surface area (Å²) < 4.78 is 0. The lowest BCUT2D eigenvalue weighted by Crippen LogP contribution is -2.01. The van der Waals surface area contributed by atoms with E-state index in [1.54, 1.807) is 0 Å². The van der Waals surface area contributed by atoms with Gasteiger partial charge in [-0.05, 0) is 42.9 Å². The van der Waals surface area contributed by atoms with Gasteiger partial charge in [-0.2, -0.15) is 0 Å². The van der Waals surface area contributed by atoms with Gasteiger partial charge in [0.15, 0.2) is 0 Å². The molecule has 1 heterocycles. The molecule has 1 aromatic heterocycles. The Labute approximate surface area is 108 Å². The fourth-order valence-electron chi connectivity index (χ4n) is 2.15. The monoisotopic (exact) mass is 241 g/mol. The van der Waals surface area contributed by atoms with Crippen LogP contribution in [0.15, 0.2) is 48.7 Å². The van der Waals surface area contributed by atoms with Gasteiger partial charge in [0.2, 0.25) is 0 Å². The Morgan fingerprint density at radius 2 is 1.72 bits per heavy atom. The van der Waals surface area contributed by atoms with Crippen LogP contribution < -0.4 is 0 Å². The maximum atomic E-state index is 9.02. The Kier molecular flexibility index (Phi) is 4.91. The maximum Gasteiger partial charge on any atom is 0.0472 e. The van der Waals surface area contributed by atoms with Gasteiger partial charge in [-0.15, -0.1) is 0 Å². The highest BCUT2D eigenvalue weighted by molar-refractivity contribution is 5.21. The molecule has 18 heavy (non-hydrogen) atoms. The number of aliphatic hydroxyl groups excluding tert-OH is 1. The van der Waals surface area contributed by atoms with Crippen LogP contribution in [0.2, 0.25) is 0 Å². The molecule has 0 radical (unpaired) electrons. The molecule has 0 aliphatic carbocycles. The lowest BCUT2D eigenvalue weighted by molar-refractivity contribution is 0.299. The summed E-state index contributed by atoms with van der Waals surface area (Å²) in [7, 11) is 0. The summed E-state index contributed by atoms with van der Waals surface area (Å²) in [4.78, 5) is 4.42. The van der Waals surface area contributed by atoms with Crippen molar-refractivity contribution in [3.05, 3.63) is 65.5 Å². The minimum absolute atomic E-state index is 0.192. The van der Waals surface area contributed by atoms with E-state index in [0.29, 0.717) is 6.42 Å². The molecule has 0 saturated carbocycles. The van der Waals surface area contributed by atoms with Crippen molar-refractivity contribution in [1.29, 1.82) is 0 Å². The maximum absolute atomic E-state index is 9.02. The molecule has 0 aliphatic rings. The second kappa shape index (κ2) is 6.92. The molecule has 0 amide bonds. The summed E-state index contributed by atoms with van der Waals surface area (Å²) in [6, 6.07) is 14.5. The van der Waals surface area contributed by atoms with E-state index in [0.717, 1.165) is 25.0 Å². The Morgan fingerprint density at radius 3 is 2.50 bits per heavy atom. The zero-order chi connectivity index (χ0) is 12.6. The number of aryl methyl sites for hydroxylation is 2. The van der Waals surface area contributed by atoms with Gasteiger partial charge in [-0.25, -0.2) is 0 Å². The summed E-state index contributed by atoms with van der Waals surface area (Å²) in [5.41, 5.74) is 3.67. The minimum atomic E-state index is 0.192. The van der Waals surface area contributed by atoms with E-state index in [2.05, 4.69) is 35.3 Å². The quantitative estimate of drug-likeness (QED) is 0.843. The Morgan fingerprint density at radius 1 is 0.889 bits per heavy atom. The lowest BCUT2D eigenvalue weighted by atomic mass is 10.0. The van der Waals surface area contributed by atoms with Crippen LogP contribution in [0.25, 0.3) is 0 Å². The predicted octanol–water partition coefficient (Wildman–Crippen LogP) is 2.79. The number of hydrogen-bond acceptors (Lipinski definition) is 2. The molecule has 0 spiro atoms. The standard InChI is InChI=1S/C16H19NO/c18-13-11-15-9-5-12-17-16(15)10-4-8-14-6-2-1-3-7-14/h1-3,5-7,9,12,18H,4,8,10-11,13H2. The predicted molar refractivity (Wildman–Crippen MR) is 73.5 cm³/mol. The van der Waals surface area contributed by atoms with Crippen LogP contribution in [-0.4, -0.2) is 16.7 Å². The van der Waals surface area contributed by atoms with Crippen molar-refractivity contribution >= 4 is 0 Å². The third-order valence-electron chi connectivity index (χ3n) is 3.09. The molecule has 0 atom stereocenters. The number of aromatic nitrogens is 1. The molecule has 0 bridgehead atoms. The summed E-state index contributed by atoms with van der Waals surface area (Å²) >= 11 is 0. The summed E-state index contributed by atoms with van der Waals surface area (Å²) in [5.74, 6) is 0. The van der Waals surface area contributed by atoms with Gasteiger partial charge in [-0.3, -0.25) is 4.98 Å². The van der Waals surface area contributed by atoms with E-state index in [9.17, 15) is 0 Å². The molecule has 1 aromatic carbocycles. The summed E-state index contributed by atoms with van der Waals surface area (Å²) in [5, 5.41) is 9.02. The van der Waals surface area contributed by atoms with Crippen LogP contribution in [0.3, 0.4) is 0 Å². The number of rotatable bonds is 6. The Hall–Kier alpha value is -1.67. The van der Waals surface area contributed by atoms with Gasteiger partial charge in [0, 0.05) is 18.5 Å². The fraction of sp³-hybridized carbons (Fsp3) is 0.312. The van der Waals surface area contributed by atoms with Crippen LogP contribution in [0.5, 0.6) is 0 Å². The summed E-state index contributed by atoms with van der Waals surface area (Å²) in [6.07, 6.45) is 5.69. The first-order valence-corrected chi connectivity index (χ1v) is 6.47. The van der Waals surface area contributed by atoms with Crippen LogP contribution in [0.4, 0.5) is 0 Å². The first kappa shape index (κ1) is 12.8. The Bertz CT molecular complexity index is 468. The number of nitrogens with zero attached hydrogens (tertiary/aromatic N) is 1. The minimum Gasteiger partial charge on any atom is -0.396 e. The highest BCUT2D eigenvalue weighted by atomic mass is 16.2. The molecule has 2 heteroatoms. The number of benzene rings is 1. The van der Waals surface area contributed by atoms with Crippen molar-refractivity contribution in [2.24, 2.45) is 0 Å². The van der Waals surface area contributed by atoms with Gasteiger partial charge in [0.1, 0.15) is 0 Å². The van der Waals surface area contributed by atoms with Crippen LogP contribution in [0.1, 0.15) is 23.2 Å². The first-order valence-electron chi connectivity index (χ1n) is 6.47. The molecular formula is C16H19NO. The molecule has 2 rings (SSSR count). The van der Waals surface area contributed by atoms with Gasteiger partial charge in [-0.1, -0.05) is 36.4 Å². The Balaban J connectivity index is 1.90. The van der Waals surface area contributed by atoms with Gasteiger partial charge in [0.05, 0.1) is 0 Å². The van der Waals surface area contributed by atoms with Crippen molar-refractivity contribution in [3.8, 4) is 0 Å². The van der Waals surface area contributed by atoms with Crippen molar-refractivity contribution < 1.29 is 5.11 Å². The van der Waals surface area contributed by atoms with Crippen LogP contribution >= 0.6 is 0 Å². The molecule has 1 N–H and O–H groups in total. The first-order chi connectivity index (χ1) is 8.90. The molecule has 0 saturated heterocycles. The average Bonchev–Trinajstić information content (AvgIpc) is 2.42. The van der Waals surface area contributed by atoms with E-state index < -0.39 is 0 Å². The third-order valence-corrected chi connectivity index (χ3v) is 3.09. The van der Waals surface area contributed by atoms with Crippen molar-refractivity contribution in [2.75, 3.05) is 6.61 Å². The largest absolute Gasteiger partial charge is 0.396 e. The topological polar surface area (TPSA) is 33.1 Å². The summed E-state index contributed by atoms with van der Waals surface area (Å²) in [6.45, 7) is 0.192. The normalized spacial score (nSPS) is 10.5. The zero-order valence-corrected chi connectivity index (χ0v) is 10.5. The molecule has 2 nitrogen and oxygen atoms in total. The second-order valence-electron chi connectivity index (χ2n) is 4.42. The molecule has 2 aromatic rings. The van der Waals surface area contributed by atoms with Gasteiger partial charge < -0.3 is 5.11 Å². The van der Waals surface area contributed by atoms with Crippen molar-refractivity contribution in [2.45, 2.75) is 25.7 Å². The number of pyridine rings is 1. The lowest BCUT2D eigenvalue weighted by Gasteiger charge is -2.07. The SMILES string of the molecule is OCCc1cccnc1CCCc1ccccc1. The second-order valence-corrected chi connectivity index (χ2v) is 4.42. The number of hydrogen-bond donors (Lipinski definition) is 1. The molecule has 0 unspecified atom stereocenters. The van der Waals surface area contributed by atoms with E-state index in [-0.39, 0.29) is 6.61 Å². The number of aliphatic hydroxyl groups is 1.